The van der Waals surface area contributed by atoms with Crippen LogP contribution in [0.4, 0.5) is 8.78 Å². The Hall–Kier alpha value is -3.59. The molecule has 0 bridgehead atoms. The van der Waals surface area contributed by atoms with Gasteiger partial charge in [0, 0.05) is 45.6 Å². The van der Waals surface area contributed by atoms with Crippen molar-refractivity contribution < 1.29 is 18.4 Å². The summed E-state index contributed by atoms with van der Waals surface area (Å²) in [6.45, 7) is 3.91. The Bertz CT molecular complexity index is 1080. The van der Waals surface area contributed by atoms with Crippen molar-refractivity contribution in [3.8, 4) is 0 Å². The van der Waals surface area contributed by atoms with Gasteiger partial charge in [0.05, 0.1) is 12.6 Å². The number of nitrogens with zero attached hydrogens (tertiary/aromatic N) is 5. The van der Waals surface area contributed by atoms with Crippen LogP contribution in [-0.4, -0.2) is 76.1 Å². The second kappa shape index (κ2) is 10.8. The number of carbonyl (C=O) groups excluding carboxylic acids is 2. The SMILES string of the molecule is CC(C(=O)N(C)CC(=O)N1CCN(C(c2ccc(F)cc2)c2ccc(F)cc2)CC1)n1cccn1. The summed E-state index contributed by atoms with van der Waals surface area (Å²) in [6, 6.07) is 13.7. The van der Waals surface area contributed by atoms with Crippen LogP contribution in [0, 0.1) is 11.6 Å². The molecule has 0 spiro atoms. The Morgan fingerprint density at radius 2 is 1.49 bits per heavy atom. The van der Waals surface area contributed by atoms with E-state index in [0.717, 1.165) is 11.1 Å². The molecule has 2 amide bonds. The molecule has 35 heavy (non-hydrogen) atoms. The van der Waals surface area contributed by atoms with Crippen LogP contribution in [0.3, 0.4) is 0 Å². The molecule has 184 valence electrons. The average molecular weight is 482 g/mol. The number of hydrogen-bond acceptors (Lipinski definition) is 4. The summed E-state index contributed by atoms with van der Waals surface area (Å²) in [5, 5.41) is 4.10. The molecule has 3 aromatic rings. The Labute approximate surface area is 203 Å². The van der Waals surface area contributed by atoms with E-state index in [1.54, 1.807) is 66.3 Å². The third-order valence-electron chi connectivity index (χ3n) is 6.43. The molecule has 0 aliphatic carbocycles. The van der Waals surface area contributed by atoms with Gasteiger partial charge < -0.3 is 9.80 Å². The van der Waals surface area contributed by atoms with Crippen LogP contribution >= 0.6 is 0 Å². The van der Waals surface area contributed by atoms with Gasteiger partial charge in [-0.2, -0.15) is 5.10 Å². The summed E-state index contributed by atoms with van der Waals surface area (Å²) in [5.74, 6) is -0.938. The molecular weight excluding hydrogens is 452 g/mol. The molecule has 2 aromatic carbocycles. The van der Waals surface area contributed by atoms with E-state index in [0.29, 0.717) is 26.2 Å². The fraction of sp³-hybridized carbons (Fsp3) is 0.346. The highest BCUT2D eigenvalue weighted by Gasteiger charge is 2.30. The van der Waals surface area contributed by atoms with Gasteiger partial charge >= 0.3 is 0 Å². The van der Waals surface area contributed by atoms with Gasteiger partial charge in [-0.25, -0.2) is 8.78 Å². The van der Waals surface area contributed by atoms with Crippen molar-refractivity contribution in [2.45, 2.75) is 19.0 Å². The predicted octanol–water partition coefficient (Wildman–Crippen LogP) is 3.11. The molecule has 2 heterocycles. The minimum atomic E-state index is -0.494. The van der Waals surface area contributed by atoms with Gasteiger partial charge in [0.15, 0.2) is 0 Å². The van der Waals surface area contributed by atoms with E-state index in [-0.39, 0.29) is 36.0 Å². The first-order valence-corrected chi connectivity index (χ1v) is 11.6. The standard InChI is InChI=1S/C26H29F2N5O2/c1-19(33-13-3-12-29-33)26(35)30(2)18-24(34)31-14-16-32(17-15-31)25(20-4-8-22(27)9-5-20)21-6-10-23(28)11-7-21/h3-13,19,25H,14-18H2,1-2H3. The lowest BCUT2D eigenvalue weighted by Crippen LogP contribution is -2.52. The fourth-order valence-electron chi connectivity index (χ4n) is 4.46. The van der Waals surface area contributed by atoms with E-state index in [2.05, 4.69) is 10.00 Å². The van der Waals surface area contributed by atoms with Crippen molar-refractivity contribution in [1.29, 1.82) is 0 Å². The van der Waals surface area contributed by atoms with E-state index in [1.807, 2.05) is 0 Å². The fourth-order valence-corrected chi connectivity index (χ4v) is 4.46. The molecule has 9 heteroatoms. The third kappa shape index (κ3) is 5.74. The molecule has 0 N–H and O–H groups in total. The number of aromatic nitrogens is 2. The molecule has 4 rings (SSSR count). The first-order chi connectivity index (χ1) is 16.8. The van der Waals surface area contributed by atoms with E-state index >= 15 is 0 Å². The lowest BCUT2D eigenvalue weighted by molar-refractivity contribution is -0.142. The van der Waals surface area contributed by atoms with Crippen LogP contribution in [-0.2, 0) is 9.59 Å². The number of benzene rings is 2. The maximum atomic E-state index is 13.5. The Balaban J connectivity index is 1.40. The molecule has 1 atom stereocenters. The zero-order chi connectivity index (χ0) is 24.9. The lowest BCUT2D eigenvalue weighted by atomic mass is 9.96. The summed E-state index contributed by atoms with van der Waals surface area (Å²) < 4.78 is 28.6. The van der Waals surface area contributed by atoms with Gasteiger partial charge in [-0.05, 0) is 48.4 Å². The van der Waals surface area contributed by atoms with Gasteiger partial charge in [-0.3, -0.25) is 19.2 Å². The maximum Gasteiger partial charge on any atom is 0.247 e. The van der Waals surface area contributed by atoms with Crippen molar-refractivity contribution in [3.63, 3.8) is 0 Å². The Morgan fingerprint density at radius 1 is 0.943 bits per heavy atom. The molecule has 7 nitrogen and oxygen atoms in total. The minimum absolute atomic E-state index is 0.0101. The lowest BCUT2D eigenvalue weighted by Gasteiger charge is -2.40. The Kier molecular flexibility index (Phi) is 7.55. The number of piperazine rings is 1. The van der Waals surface area contributed by atoms with Crippen LogP contribution in [0.2, 0.25) is 0 Å². The van der Waals surface area contributed by atoms with Crippen LogP contribution in [0.25, 0.3) is 0 Å². The molecule has 0 saturated carbocycles. The van der Waals surface area contributed by atoms with Gasteiger partial charge in [0.25, 0.3) is 0 Å². The second-order valence-corrected chi connectivity index (χ2v) is 8.78. The summed E-state index contributed by atoms with van der Waals surface area (Å²) in [7, 11) is 1.62. The van der Waals surface area contributed by atoms with Crippen molar-refractivity contribution >= 4 is 11.8 Å². The maximum absolute atomic E-state index is 13.5. The Morgan fingerprint density at radius 3 is 1.97 bits per heavy atom. The largest absolute Gasteiger partial charge is 0.339 e. The number of amides is 2. The molecule has 1 unspecified atom stereocenters. The molecule has 1 aromatic heterocycles. The van der Waals surface area contributed by atoms with Crippen LogP contribution < -0.4 is 0 Å². The van der Waals surface area contributed by atoms with E-state index in [9.17, 15) is 18.4 Å². The predicted molar refractivity (Wildman–Crippen MR) is 127 cm³/mol. The zero-order valence-electron chi connectivity index (χ0n) is 19.8. The van der Waals surface area contributed by atoms with E-state index in [4.69, 9.17) is 0 Å². The van der Waals surface area contributed by atoms with Crippen molar-refractivity contribution in [1.82, 2.24) is 24.5 Å². The molecule has 1 aliphatic rings. The average Bonchev–Trinajstić information content (AvgIpc) is 3.41. The van der Waals surface area contributed by atoms with Crippen LogP contribution in [0.1, 0.15) is 30.1 Å². The van der Waals surface area contributed by atoms with Crippen molar-refractivity contribution in [3.05, 3.63) is 89.8 Å². The third-order valence-corrected chi connectivity index (χ3v) is 6.43. The van der Waals surface area contributed by atoms with Gasteiger partial charge in [-0.15, -0.1) is 0 Å². The number of rotatable bonds is 7. The number of likely N-dealkylation sites (N-methyl/N-ethyl adjacent to an activating group) is 1. The van der Waals surface area contributed by atoms with E-state index < -0.39 is 6.04 Å². The highest BCUT2D eigenvalue weighted by molar-refractivity contribution is 5.86. The smallest absolute Gasteiger partial charge is 0.247 e. The highest BCUT2D eigenvalue weighted by Crippen LogP contribution is 2.30. The van der Waals surface area contributed by atoms with Crippen molar-refractivity contribution in [2.75, 3.05) is 39.8 Å². The normalized spacial score (nSPS) is 15.3. The summed E-state index contributed by atoms with van der Waals surface area (Å²) in [4.78, 5) is 31.0. The minimum Gasteiger partial charge on any atom is -0.339 e. The topological polar surface area (TPSA) is 61.7 Å². The summed E-state index contributed by atoms with van der Waals surface area (Å²) >= 11 is 0. The van der Waals surface area contributed by atoms with Crippen molar-refractivity contribution in [2.24, 2.45) is 0 Å². The molecular formula is C26H29F2N5O2. The van der Waals surface area contributed by atoms with Gasteiger partial charge in [-0.1, -0.05) is 24.3 Å². The number of hydrogen-bond donors (Lipinski definition) is 0. The summed E-state index contributed by atoms with van der Waals surface area (Å²) in [6.07, 6.45) is 3.33. The van der Waals surface area contributed by atoms with Gasteiger partial charge in [0.1, 0.15) is 17.7 Å². The molecule has 0 radical (unpaired) electrons. The zero-order valence-corrected chi connectivity index (χ0v) is 19.8. The summed E-state index contributed by atoms with van der Waals surface area (Å²) in [5.41, 5.74) is 1.80. The van der Waals surface area contributed by atoms with Gasteiger partial charge in [0.2, 0.25) is 11.8 Å². The molecule has 1 fully saturated rings. The molecule has 1 aliphatic heterocycles. The second-order valence-electron chi connectivity index (χ2n) is 8.78. The van der Waals surface area contributed by atoms with Crippen LogP contribution in [0.15, 0.2) is 67.0 Å². The molecule has 1 saturated heterocycles. The van der Waals surface area contributed by atoms with E-state index in [1.165, 1.54) is 29.2 Å². The quantitative estimate of drug-likeness (QED) is 0.520. The first-order valence-electron chi connectivity index (χ1n) is 11.6. The van der Waals surface area contributed by atoms with Crippen LogP contribution in [0.5, 0.6) is 0 Å². The number of halogens is 2. The highest BCUT2D eigenvalue weighted by atomic mass is 19.1. The first kappa shape index (κ1) is 24.5. The monoisotopic (exact) mass is 481 g/mol. The number of carbonyl (C=O) groups is 2.